The van der Waals surface area contributed by atoms with Gasteiger partial charge in [-0.1, -0.05) is 12.1 Å². The van der Waals surface area contributed by atoms with Crippen molar-refractivity contribution in [2.45, 2.75) is 18.9 Å². The fourth-order valence-electron chi connectivity index (χ4n) is 2.79. The largest absolute Gasteiger partial charge is 0.497 e. The molecule has 6 heteroatoms. The van der Waals surface area contributed by atoms with Crippen LogP contribution in [-0.2, 0) is 0 Å². The van der Waals surface area contributed by atoms with Crippen LogP contribution in [0.15, 0.2) is 30.3 Å². The summed E-state index contributed by atoms with van der Waals surface area (Å²) in [5, 5.41) is 7.15. The molecule has 3 rings (SSSR count). The van der Waals surface area contributed by atoms with Crippen LogP contribution in [0.2, 0.25) is 0 Å². The number of thioether (sulfide) groups is 1. The van der Waals surface area contributed by atoms with Gasteiger partial charge in [-0.2, -0.15) is 16.9 Å². The van der Waals surface area contributed by atoms with Gasteiger partial charge in [0.15, 0.2) is 0 Å². The molecule has 1 N–H and O–H groups in total. The average molecular weight is 331 g/mol. The molecule has 0 unspecified atom stereocenters. The van der Waals surface area contributed by atoms with Gasteiger partial charge in [0.2, 0.25) is 0 Å². The normalized spacial score (nSPS) is 15.4. The van der Waals surface area contributed by atoms with Crippen molar-refractivity contribution >= 4 is 17.7 Å². The summed E-state index contributed by atoms with van der Waals surface area (Å²) in [5.41, 5.74) is 2.21. The zero-order valence-electron chi connectivity index (χ0n) is 13.4. The molecule has 0 bridgehead atoms. The van der Waals surface area contributed by atoms with Crippen molar-refractivity contribution in [2.75, 3.05) is 25.7 Å². The average Bonchev–Trinajstić information content (AvgIpc) is 3.11. The van der Waals surface area contributed by atoms with Crippen LogP contribution in [-0.4, -0.2) is 52.7 Å². The lowest BCUT2D eigenvalue weighted by Gasteiger charge is -2.30. The summed E-state index contributed by atoms with van der Waals surface area (Å²) < 4.78 is 5.23. The number of amides is 1. The number of carbonyl (C=O) groups is 1. The Balaban J connectivity index is 1.76. The minimum absolute atomic E-state index is 0.00328. The molecule has 23 heavy (non-hydrogen) atoms. The molecule has 1 amide bonds. The van der Waals surface area contributed by atoms with Gasteiger partial charge in [0.25, 0.3) is 5.91 Å². The van der Waals surface area contributed by atoms with E-state index in [-0.39, 0.29) is 5.91 Å². The Bertz CT molecular complexity index is 680. The fraction of sp³-hybridized carbons (Fsp3) is 0.412. The van der Waals surface area contributed by atoms with E-state index in [1.807, 2.05) is 54.0 Å². The fourth-order valence-corrected chi connectivity index (χ4v) is 3.87. The molecule has 2 aromatic rings. The van der Waals surface area contributed by atoms with E-state index in [0.717, 1.165) is 41.4 Å². The van der Waals surface area contributed by atoms with Gasteiger partial charge in [0.1, 0.15) is 11.4 Å². The molecule has 1 aliphatic heterocycles. The van der Waals surface area contributed by atoms with Crippen LogP contribution in [0.3, 0.4) is 0 Å². The Morgan fingerprint density at radius 2 is 2.13 bits per heavy atom. The van der Waals surface area contributed by atoms with E-state index in [9.17, 15) is 4.79 Å². The molecular weight excluding hydrogens is 310 g/mol. The second-order valence-corrected chi connectivity index (χ2v) is 6.88. The van der Waals surface area contributed by atoms with Gasteiger partial charge in [-0.05, 0) is 42.5 Å². The SMILES string of the molecule is COc1cccc(-c2cc(C(=O)N(C)C3CCSCC3)[nH]n2)c1. The summed E-state index contributed by atoms with van der Waals surface area (Å²) in [6.07, 6.45) is 2.12. The van der Waals surface area contributed by atoms with Crippen LogP contribution in [0, 0.1) is 0 Å². The number of carbonyl (C=O) groups excluding carboxylic acids is 1. The molecule has 0 saturated carbocycles. The summed E-state index contributed by atoms with van der Waals surface area (Å²) in [4.78, 5) is 14.5. The van der Waals surface area contributed by atoms with Gasteiger partial charge in [-0.15, -0.1) is 0 Å². The number of hydrogen-bond donors (Lipinski definition) is 1. The van der Waals surface area contributed by atoms with Crippen molar-refractivity contribution in [3.05, 3.63) is 36.0 Å². The van der Waals surface area contributed by atoms with Crippen LogP contribution in [0.4, 0.5) is 0 Å². The molecule has 1 saturated heterocycles. The number of aromatic amines is 1. The van der Waals surface area contributed by atoms with Gasteiger partial charge < -0.3 is 9.64 Å². The predicted octanol–water partition coefficient (Wildman–Crippen LogP) is 3.05. The molecule has 1 aliphatic rings. The number of hydrogen-bond acceptors (Lipinski definition) is 4. The first-order chi connectivity index (χ1) is 11.2. The first kappa shape index (κ1) is 15.9. The van der Waals surface area contributed by atoms with E-state index in [4.69, 9.17) is 4.74 Å². The highest BCUT2D eigenvalue weighted by Crippen LogP contribution is 2.25. The highest BCUT2D eigenvalue weighted by molar-refractivity contribution is 7.99. The van der Waals surface area contributed by atoms with Gasteiger partial charge in [-0.25, -0.2) is 0 Å². The Labute approximate surface area is 140 Å². The van der Waals surface area contributed by atoms with E-state index in [1.165, 1.54) is 0 Å². The molecule has 0 atom stereocenters. The minimum Gasteiger partial charge on any atom is -0.497 e. The molecule has 1 fully saturated rings. The van der Waals surface area contributed by atoms with Crippen molar-refractivity contribution in [2.24, 2.45) is 0 Å². The second-order valence-electron chi connectivity index (χ2n) is 5.66. The van der Waals surface area contributed by atoms with Crippen molar-refractivity contribution in [3.8, 4) is 17.0 Å². The number of H-pyrrole nitrogens is 1. The third-order valence-corrected chi connectivity index (χ3v) is 5.28. The lowest BCUT2D eigenvalue weighted by molar-refractivity contribution is 0.0717. The minimum atomic E-state index is 0.00328. The van der Waals surface area contributed by atoms with Gasteiger partial charge in [-0.3, -0.25) is 9.89 Å². The van der Waals surface area contributed by atoms with E-state index >= 15 is 0 Å². The van der Waals surface area contributed by atoms with Crippen LogP contribution < -0.4 is 4.74 Å². The summed E-state index contributed by atoms with van der Waals surface area (Å²) >= 11 is 1.96. The van der Waals surface area contributed by atoms with E-state index in [0.29, 0.717) is 11.7 Å². The summed E-state index contributed by atoms with van der Waals surface area (Å²) in [6, 6.07) is 9.80. The molecule has 0 radical (unpaired) electrons. The third-order valence-electron chi connectivity index (χ3n) is 4.23. The second kappa shape index (κ2) is 7.08. The van der Waals surface area contributed by atoms with Crippen molar-refractivity contribution in [1.29, 1.82) is 0 Å². The molecule has 122 valence electrons. The number of methoxy groups -OCH3 is 1. The Morgan fingerprint density at radius 3 is 2.87 bits per heavy atom. The third kappa shape index (κ3) is 3.52. The maximum absolute atomic E-state index is 12.6. The van der Waals surface area contributed by atoms with Crippen LogP contribution in [0.1, 0.15) is 23.3 Å². The highest BCUT2D eigenvalue weighted by Gasteiger charge is 2.24. The first-order valence-electron chi connectivity index (χ1n) is 7.74. The molecule has 0 spiro atoms. The Hall–Kier alpha value is -1.95. The number of ether oxygens (including phenoxy) is 1. The van der Waals surface area contributed by atoms with E-state index < -0.39 is 0 Å². The zero-order valence-corrected chi connectivity index (χ0v) is 14.2. The standard InChI is InChI=1S/C17H21N3O2S/c1-20(13-6-8-23-9-7-13)17(21)16-11-15(18-19-16)12-4-3-5-14(10-12)22-2/h3-5,10-11,13H,6-9H2,1-2H3,(H,18,19). The monoisotopic (exact) mass is 331 g/mol. The smallest absolute Gasteiger partial charge is 0.271 e. The Kier molecular flexibility index (Phi) is 4.91. The van der Waals surface area contributed by atoms with E-state index in [2.05, 4.69) is 10.2 Å². The van der Waals surface area contributed by atoms with Crippen molar-refractivity contribution in [1.82, 2.24) is 15.1 Å². The summed E-state index contributed by atoms with van der Waals surface area (Å²) in [7, 11) is 3.52. The van der Waals surface area contributed by atoms with Gasteiger partial charge in [0.05, 0.1) is 12.8 Å². The first-order valence-corrected chi connectivity index (χ1v) is 8.89. The zero-order chi connectivity index (χ0) is 16.2. The lowest BCUT2D eigenvalue weighted by Crippen LogP contribution is -2.39. The highest BCUT2D eigenvalue weighted by atomic mass is 32.2. The topological polar surface area (TPSA) is 58.2 Å². The number of rotatable bonds is 4. The maximum Gasteiger partial charge on any atom is 0.271 e. The van der Waals surface area contributed by atoms with Gasteiger partial charge in [0, 0.05) is 18.7 Å². The van der Waals surface area contributed by atoms with Crippen LogP contribution in [0.5, 0.6) is 5.75 Å². The number of aromatic nitrogens is 2. The van der Waals surface area contributed by atoms with Gasteiger partial charge >= 0.3 is 0 Å². The summed E-state index contributed by atoms with van der Waals surface area (Å²) in [5.74, 6) is 3.03. The molecule has 1 aromatic heterocycles. The van der Waals surface area contributed by atoms with E-state index in [1.54, 1.807) is 7.11 Å². The molecule has 5 nitrogen and oxygen atoms in total. The molecule has 2 heterocycles. The molecule has 1 aromatic carbocycles. The number of benzene rings is 1. The lowest BCUT2D eigenvalue weighted by atomic mass is 10.1. The predicted molar refractivity (Wildman–Crippen MR) is 93.0 cm³/mol. The Morgan fingerprint density at radius 1 is 1.35 bits per heavy atom. The van der Waals surface area contributed by atoms with Crippen LogP contribution >= 0.6 is 11.8 Å². The number of nitrogens with one attached hydrogen (secondary N) is 1. The summed E-state index contributed by atoms with van der Waals surface area (Å²) in [6.45, 7) is 0. The van der Waals surface area contributed by atoms with Crippen molar-refractivity contribution < 1.29 is 9.53 Å². The maximum atomic E-state index is 12.6. The van der Waals surface area contributed by atoms with Crippen LogP contribution in [0.25, 0.3) is 11.3 Å². The molecular formula is C17H21N3O2S. The molecule has 0 aliphatic carbocycles. The van der Waals surface area contributed by atoms with Crippen molar-refractivity contribution in [3.63, 3.8) is 0 Å². The quantitative estimate of drug-likeness (QED) is 0.935. The number of nitrogens with zero attached hydrogens (tertiary/aromatic N) is 2.